The van der Waals surface area contributed by atoms with Gasteiger partial charge in [0.15, 0.2) is 5.84 Å². The van der Waals surface area contributed by atoms with Crippen LogP contribution in [0.15, 0.2) is 111 Å². The number of methoxy groups -OCH3 is 1. The number of hydrogen-bond acceptors (Lipinski definition) is 5. The second-order valence-electron chi connectivity index (χ2n) is 8.18. The number of nitrogens with one attached hydrogen (secondary N) is 1. The number of rotatable bonds is 5. The number of carbonyl (C=O) groups excluding carboxylic acids is 1. The smallest absolute Gasteiger partial charge is 0.279 e. The number of aliphatic imine (C=N–C) groups is 2. The lowest BCUT2D eigenvalue weighted by atomic mass is 10.1. The van der Waals surface area contributed by atoms with Crippen LogP contribution in [0, 0.1) is 0 Å². The Balaban J connectivity index is 1.49. The van der Waals surface area contributed by atoms with Gasteiger partial charge in [0.1, 0.15) is 11.6 Å². The summed E-state index contributed by atoms with van der Waals surface area (Å²) in [6.45, 7) is 0.560. The van der Waals surface area contributed by atoms with Gasteiger partial charge in [-0.25, -0.2) is 13.4 Å². The summed E-state index contributed by atoms with van der Waals surface area (Å²) in [6, 6.07) is 20.0. The van der Waals surface area contributed by atoms with E-state index in [4.69, 9.17) is 4.74 Å². The molecule has 0 bridgehead atoms. The molecule has 0 unspecified atom stereocenters. The van der Waals surface area contributed by atoms with Crippen LogP contribution in [0.25, 0.3) is 0 Å². The molecule has 3 aromatic carbocycles. The van der Waals surface area contributed by atoms with Crippen LogP contribution < -0.4 is 9.46 Å². The molecule has 0 aliphatic carbocycles. The zero-order chi connectivity index (χ0) is 26.0. The normalized spacial score (nSPS) is 15.7. The number of fused-ring (bicyclic) bond motifs is 2. The molecule has 1 amide bonds. The summed E-state index contributed by atoms with van der Waals surface area (Å²) in [4.78, 5) is 24.1. The summed E-state index contributed by atoms with van der Waals surface area (Å²) in [5, 5.41) is 0. The third kappa shape index (κ3) is 5.25. The van der Waals surface area contributed by atoms with Gasteiger partial charge in [0.05, 0.1) is 17.7 Å². The summed E-state index contributed by atoms with van der Waals surface area (Å²) in [5.74, 6) is 0.676. The minimum Gasteiger partial charge on any atom is -0.495 e. The highest BCUT2D eigenvalue weighted by molar-refractivity contribution is 9.11. The number of halogens is 1. The van der Waals surface area contributed by atoms with E-state index in [2.05, 4.69) is 30.6 Å². The Kier molecular flexibility index (Phi) is 6.77. The first-order valence-corrected chi connectivity index (χ1v) is 13.5. The van der Waals surface area contributed by atoms with Crippen LogP contribution in [0.5, 0.6) is 5.75 Å². The number of ether oxygens (including phenoxy) is 1. The minimum absolute atomic E-state index is 0.0755. The Hall–Kier alpha value is -4.02. The molecular formula is C27H21BrN4O4S. The van der Waals surface area contributed by atoms with Crippen molar-refractivity contribution in [2.24, 2.45) is 9.98 Å². The first-order chi connectivity index (χ1) is 17.8. The number of allylic oxidation sites excluding steroid dienone is 2. The number of para-hydroxylation sites is 2. The number of hydrogen-bond donors (Lipinski definition) is 1. The number of sulfonamides is 1. The van der Waals surface area contributed by atoms with E-state index in [0.717, 1.165) is 15.6 Å². The Morgan fingerprint density at radius 1 is 1.05 bits per heavy atom. The maximum Gasteiger partial charge on any atom is 0.279 e. The molecule has 0 fully saturated rings. The van der Waals surface area contributed by atoms with Crippen molar-refractivity contribution >= 4 is 49.2 Å². The molecule has 3 aromatic rings. The van der Waals surface area contributed by atoms with E-state index >= 15 is 0 Å². The van der Waals surface area contributed by atoms with E-state index in [0.29, 0.717) is 23.8 Å². The van der Waals surface area contributed by atoms with Gasteiger partial charge in [-0.2, -0.15) is 4.99 Å². The number of amides is 1. The number of nitrogens with zero attached hydrogens (tertiary/aromatic N) is 3. The van der Waals surface area contributed by atoms with Crippen molar-refractivity contribution in [2.75, 3.05) is 11.8 Å². The van der Waals surface area contributed by atoms with Crippen LogP contribution in [-0.2, 0) is 16.6 Å². The van der Waals surface area contributed by atoms with Gasteiger partial charge in [-0.05, 0) is 64.0 Å². The second kappa shape index (κ2) is 10.2. The molecule has 2 aliphatic heterocycles. The van der Waals surface area contributed by atoms with Gasteiger partial charge in [0.2, 0.25) is 0 Å². The zero-order valence-electron chi connectivity index (χ0n) is 19.6. The molecule has 0 atom stereocenters. The van der Waals surface area contributed by atoms with E-state index in [-0.39, 0.29) is 16.3 Å². The lowest BCUT2D eigenvalue weighted by Crippen LogP contribution is -2.24. The van der Waals surface area contributed by atoms with Crippen molar-refractivity contribution in [2.45, 2.75) is 11.4 Å². The molecule has 1 N–H and O–H groups in total. The second-order valence-corrected chi connectivity index (χ2v) is 10.8. The van der Waals surface area contributed by atoms with Crippen molar-refractivity contribution in [3.05, 3.63) is 112 Å². The third-order valence-corrected chi connectivity index (χ3v) is 7.57. The summed E-state index contributed by atoms with van der Waals surface area (Å²) in [7, 11) is -2.54. The van der Waals surface area contributed by atoms with Crippen LogP contribution in [0.2, 0.25) is 0 Å². The standard InChI is InChI=1S/C27H21BrN4O4S/c1-36-24-12-5-4-11-23(24)31-37(34,35)21-9-6-8-18(15-21)27(33)30-26-22-10-3-2-7-19(22)16-32-17-20(28)13-14-25(32)29-26/h2-15,17,31H,16H2,1H3. The Bertz CT molecular complexity index is 1630. The molecule has 2 heterocycles. The van der Waals surface area contributed by atoms with E-state index in [1.165, 1.54) is 31.4 Å². The molecule has 5 rings (SSSR count). The van der Waals surface area contributed by atoms with E-state index in [9.17, 15) is 13.2 Å². The molecule has 8 nitrogen and oxygen atoms in total. The van der Waals surface area contributed by atoms with Gasteiger partial charge in [-0.1, -0.05) is 42.5 Å². The zero-order valence-corrected chi connectivity index (χ0v) is 22.0. The van der Waals surface area contributed by atoms with Crippen LogP contribution in [0.3, 0.4) is 0 Å². The molecule has 186 valence electrons. The molecule has 37 heavy (non-hydrogen) atoms. The quantitative estimate of drug-likeness (QED) is 0.455. The van der Waals surface area contributed by atoms with E-state index in [1.807, 2.05) is 47.5 Å². The van der Waals surface area contributed by atoms with Crippen molar-refractivity contribution in [3.63, 3.8) is 0 Å². The summed E-state index contributed by atoms with van der Waals surface area (Å²) >= 11 is 3.49. The molecule has 0 spiro atoms. The van der Waals surface area contributed by atoms with Crippen molar-refractivity contribution in [1.82, 2.24) is 4.90 Å². The predicted octanol–water partition coefficient (Wildman–Crippen LogP) is 5.10. The van der Waals surface area contributed by atoms with E-state index < -0.39 is 15.9 Å². The first kappa shape index (κ1) is 24.7. The molecule has 0 saturated heterocycles. The lowest BCUT2D eigenvalue weighted by molar-refractivity contribution is 0.100. The van der Waals surface area contributed by atoms with Gasteiger partial charge in [0.25, 0.3) is 15.9 Å². The van der Waals surface area contributed by atoms with Gasteiger partial charge < -0.3 is 9.64 Å². The lowest BCUT2D eigenvalue weighted by Gasteiger charge is -2.21. The first-order valence-electron chi connectivity index (χ1n) is 11.2. The molecule has 2 aliphatic rings. The topological polar surface area (TPSA) is 100 Å². The third-order valence-electron chi connectivity index (χ3n) is 5.73. The highest BCUT2D eigenvalue weighted by atomic mass is 79.9. The fraction of sp³-hybridized carbons (Fsp3) is 0.0741. The Morgan fingerprint density at radius 3 is 2.68 bits per heavy atom. The largest absolute Gasteiger partial charge is 0.495 e. The number of benzene rings is 3. The number of carbonyl (C=O) groups is 1. The molecule has 10 heteroatoms. The Morgan fingerprint density at radius 2 is 1.84 bits per heavy atom. The maximum atomic E-state index is 13.2. The van der Waals surface area contributed by atoms with E-state index in [1.54, 1.807) is 24.3 Å². The molecule has 0 aromatic heterocycles. The number of amidine groups is 2. The summed E-state index contributed by atoms with van der Waals surface area (Å²) in [6.07, 6.45) is 5.63. The van der Waals surface area contributed by atoms with Gasteiger partial charge in [-0.3, -0.25) is 9.52 Å². The van der Waals surface area contributed by atoms with Crippen LogP contribution in [0.4, 0.5) is 5.69 Å². The average Bonchev–Trinajstić information content (AvgIpc) is 3.05. The molecule has 0 radical (unpaired) electrons. The molecular weight excluding hydrogens is 556 g/mol. The minimum atomic E-state index is -4.00. The fourth-order valence-corrected chi connectivity index (χ4v) is 5.43. The van der Waals surface area contributed by atoms with Gasteiger partial charge in [0, 0.05) is 28.4 Å². The van der Waals surface area contributed by atoms with Crippen LogP contribution in [0.1, 0.15) is 21.5 Å². The predicted molar refractivity (Wildman–Crippen MR) is 147 cm³/mol. The van der Waals surface area contributed by atoms with Crippen molar-refractivity contribution in [3.8, 4) is 5.75 Å². The van der Waals surface area contributed by atoms with Crippen LogP contribution in [-0.4, -0.2) is 38.0 Å². The summed E-state index contributed by atoms with van der Waals surface area (Å²) < 4.78 is 34.8. The highest BCUT2D eigenvalue weighted by Gasteiger charge is 2.23. The highest BCUT2D eigenvalue weighted by Crippen LogP contribution is 2.27. The van der Waals surface area contributed by atoms with Gasteiger partial charge in [-0.15, -0.1) is 0 Å². The molecule has 0 saturated carbocycles. The number of anilines is 1. The van der Waals surface area contributed by atoms with Crippen molar-refractivity contribution in [1.29, 1.82) is 0 Å². The monoisotopic (exact) mass is 576 g/mol. The Labute approximate surface area is 222 Å². The van der Waals surface area contributed by atoms with Crippen LogP contribution >= 0.6 is 15.9 Å². The van der Waals surface area contributed by atoms with Gasteiger partial charge >= 0.3 is 0 Å². The maximum absolute atomic E-state index is 13.2. The fourth-order valence-electron chi connectivity index (χ4n) is 3.94. The summed E-state index contributed by atoms with van der Waals surface area (Å²) in [5.41, 5.74) is 2.10. The average molecular weight is 577 g/mol. The SMILES string of the molecule is COc1ccccc1NS(=O)(=O)c1cccc(C(=O)N=C2N=C3C=CC(Br)=CN3Cc3ccccc32)c1. The van der Waals surface area contributed by atoms with Crippen molar-refractivity contribution < 1.29 is 17.9 Å².